The molecule has 21 heavy (non-hydrogen) atoms. The number of nitrogens with zero attached hydrogens (tertiary/aromatic N) is 2. The monoisotopic (exact) mass is 352 g/mol. The van der Waals surface area contributed by atoms with E-state index in [1.165, 1.54) is 25.1 Å². The summed E-state index contributed by atoms with van der Waals surface area (Å²) in [5.74, 6) is 0.403. The van der Waals surface area contributed by atoms with Crippen LogP contribution in [0.15, 0.2) is 41.0 Å². The number of hydrogen-bond donors (Lipinski definition) is 1. The van der Waals surface area contributed by atoms with Crippen molar-refractivity contribution in [3.8, 4) is 5.75 Å². The number of rotatable bonds is 5. The second-order valence-corrected chi connectivity index (χ2v) is 5.33. The number of aromatic nitrogens is 1. The Kier molecular flexibility index (Phi) is 4.87. The number of aliphatic hydroxyl groups excluding tert-OH is 1. The summed E-state index contributed by atoms with van der Waals surface area (Å²) in [5.41, 5.74) is 1.01. The van der Waals surface area contributed by atoms with Crippen LogP contribution in [-0.4, -0.2) is 15.0 Å². The number of halogens is 1. The average molecular weight is 353 g/mol. The fraction of sp³-hybridized carbons (Fsp3) is 0.214. The molecule has 6 nitrogen and oxygen atoms in total. The Labute approximate surface area is 129 Å². The number of pyridine rings is 1. The van der Waals surface area contributed by atoms with Gasteiger partial charge in [0.1, 0.15) is 12.4 Å². The lowest BCUT2D eigenvalue weighted by Crippen LogP contribution is -2.03. The number of hydrogen-bond acceptors (Lipinski definition) is 5. The van der Waals surface area contributed by atoms with Gasteiger partial charge in [0, 0.05) is 28.4 Å². The molecule has 1 heterocycles. The molecule has 2 rings (SSSR count). The summed E-state index contributed by atoms with van der Waals surface area (Å²) in [6.45, 7) is 1.74. The Balaban J connectivity index is 2.19. The lowest BCUT2D eigenvalue weighted by Gasteiger charge is -2.13. The Morgan fingerprint density at radius 3 is 2.76 bits per heavy atom. The van der Waals surface area contributed by atoms with Crippen molar-refractivity contribution >= 4 is 21.6 Å². The van der Waals surface area contributed by atoms with Crippen LogP contribution < -0.4 is 4.74 Å². The lowest BCUT2D eigenvalue weighted by atomic mass is 10.1. The summed E-state index contributed by atoms with van der Waals surface area (Å²) in [4.78, 5) is 14.4. The zero-order chi connectivity index (χ0) is 15.4. The summed E-state index contributed by atoms with van der Waals surface area (Å²) < 4.78 is 6.47. The minimum absolute atomic E-state index is 0.0833. The van der Waals surface area contributed by atoms with Gasteiger partial charge >= 0.3 is 0 Å². The van der Waals surface area contributed by atoms with Crippen molar-refractivity contribution in [2.24, 2.45) is 0 Å². The van der Waals surface area contributed by atoms with Crippen molar-refractivity contribution in [1.29, 1.82) is 0 Å². The number of nitro groups is 1. The van der Waals surface area contributed by atoms with Crippen molar-refractivity contribution < 1.29 is 14.8 Å². The van der Waals surface area contributed by atoms with Gasteiger partial charge in [0.05, 0.1) is 16.7 Å². The molecule has 0 spiro atoms. The molecule has 0 saturated heterocycles. The molecule has 0 bridgehead atoms. The van der Waals surface area contributed by atoms with Crippen molar-refractivity contribution in [3.63, 3.8) is 0 Å². The third-order valence-electron chi connectivity index (χ3n) is 2.82. The van der Waals surface area contributed by atoms with E-state index in [1.54, 1.807) is 12.3 Å². The second kappa shape index (κ2) is 6.64. The van der Waals surface area contributed by atoms with E-state index in [2.05, 4.69) is 20.9 Å². The van der Waals surface area contributed by atoms with Crippen LogP contribution in [0.1, 0.15) is 24.3 Å². The highest BCUT2D eigenvalue weighted by Gasteiger charge is 2.15. The summed E-state index contributed by atoms with van der Waals surface area (Å²) in [7, 11) is 0. The molecule has 1 aromatic carbocycles. The maximum atomic E-state index is 10.8. The maximum absolute atomic E-state index is 10.8. The van der Waals surface area contributed by atoms with E-state index in [0.717, 1.165) is 4.47 Å². The van der Waals surface area contributed by atoms with Gasteiger partial charge in [0.15, 0.2) is 0 Å². The first-order valence-corrected chi connectivity index (χ1v) is 6.96. The molecule has 2 aromatic rings. The Bertz CT molecular complexity index is 644. The van der Waals surface area contributed by atoms with E-state index in [9.17, 15) is 15.2 Å². The molecule has 0 saturated carbocycles. The van der Waals surface area contributed by atoms with Crippen LogP contribution in [0.25, 0.3) is 0 Å². The molecule has 0 aliphatic heterocycles. The number of non-ortho nitro benzene ring substituents is 1. The van der Waals surface area contributed by atoms with Gasteiger partial charge < -0.3 is 9.84 Å². The molecule has 0 radical (unpaired) electrons. The van der Waals surface area contributed by atoms with Crippen molar-refractivity contribution in [3.05, 3.63) is 62.4 Å². The number of nitro benzene ring substituents is 1. The first-order chi connectivity index (χ1) is 9.97. The first-order valence-electron chi connectivity index (χ1n) is 6.17. The Morgan fingerprint density at radius 2 is 2.19 bits per heavy atom. The van der Waals surface area contributed by atoms with Crippen molar-refractivity contribution in [2.75, 3.05) is 0 Å². The van der Waals surface area contributed by atoms with Crippen molar-refractivity contribution in [1.82, 2.24) is 4.98 Å². The van der Waals surface area contributed by atoms with Gasteiger partial charge in [-0.3, -0.25) is 15.1 Å². The van der Waals surface area contributed by atoms with E-state index in [4.69, 9.17) is 4.74 Å². The second-order valence-electron chi connectivity index (χ2n) is 4.41. The van der Waals surface area contributed by atoms with Crippen LogP contribution >= 0.6 is 15.9 Å². The van der Waals surface area contributed by atoms with Gasteiger partial charge in [-0.2, -0.15) is 0 Å². The molecule has 1 atom stereocenters. The normalized spacial score (nSPS) is 12.0. The van der Waals surface area contributed by atoms with Gasteiger partial charge in [-0.25, -0.2) is 0 Å². The number of aliphatic hydroxyl groups is 1. The fourth-order valence-electron chi connectivity index (χ4n) is 1.75. The van der Waals surface area contributed by atoms with E-state index >= 15 is 0 Å². The number of ether oxygens (including phenoxy) is 1. The minimum Gasteiger partial charge on any atom is -0.487 e. The highest BCUT2D eigenvalue weighted by molar-refractivity contribution is 9.10. The molecule has 1 aromatic heterocycles. The molecule has 1 N–H and O–H groups in total. The molecule has 7 heteroatoms. The number of benzene rings is 1. The molecular weight excluding hydrogens is 340 g/mol. The molecular formula is C14H13BrN2O4. The lowest BCUT2D eigenvalue weighted by molar-refractivity contribution is -0.385. The predicted octanol–water partition coefficient (Wildman–Crippen LogP) is 3.38. The van der Waals surface area contributed by atoms with Crippen molar-refractivity contribution in [2.45, 2.75) is 19.6 Å². The summed E-state index contributed by atoms with van der Waals surface area (Å²) in [6.07, 6.45) is 0.794. The summed E-state index contributed by atoms with van der Waals surface area (Å²) >= 11 is 3.29. The molecule has 0 fully saturated rings. The predicted molar refractivity (Wildman–Crippen MR) is 80.0 cm³/mol. The maximum Gasteiger partial charge on any atom is 0.270 e. The van der Waals surface area contributed by atoms with Crippen LogP contribution in [0, 0.1) is 10.1 Å². The SMILES string of the molecule is CC(O)c1cc([N+](=O)[O-])ccc1OCc1ccc(Br)cn1. The van der Waals surface area contributed by atoms with Gasteiger partial charge in [-0.1, -0.05) is 0 Å². The van der Waals surface area contributed by atoms with Crippen LogP contribution in [-0.2, 0) is 6.61 Å². The first kappa shape index (κ1) is 15.4. The fourth-order valence-corrected chi connectivity index (χ4v) is 1.99. The molecule has 0 amide bonds. The topological polar surface area (TPSA) is 85.5 Å². The zero-order valence-electron chi connectivity index (χ0n) is 11.2. The Morgan fingerprint density at radius 1 is 1.43 bits per heavy atom. The van der Waals surface area contributed by atoms with E-state index in [1.807, 2.05) is 6.07 Å². The Hall–Kier alpha value is -1.99. The van der Waals surface area contributed by atoms with Crippen LogP contribution in [0.5, 0.6) is 5.75 Å². The third-order valence-corrected chi connectivity index (χ3v) is 3.29. The van der Waals surface area contributed by atoms with E-state index in [0.29, 0.717) is 17.0 Å². The quantitative estimate of drug-likeness (QED) is 0.658. The minimum atomic E-state index is -0.863. The van der Waals surface area contributed by atoms with Crippen LogP contribution in [0.3, 0.4) is 0 Å². The average Bonchev–Trinajstić information content (AvgIpc) is 2.46. The molecule has 0 aliphatic rings. The molecule has 0 aliphatic carbocycles. The standard InChI is InChI=1S/C14H13BrN2O4/c1-9(18)13-6-12(17(19)20)4-5-14(13)21-8-11-3-2-10(15)7-16-11/h2-7,9,18H,8H2,1H3. The van der Waals surface area contributed by atoms with Gasteiger partial charge in [0.2, 0.25) is 0 Å². The van der Waals surface area contributed by atoms with Crippen LogP contribution in [0.2, 0.25) is 0 Å². The smallest absolute Gasteiger partial charge is 0.270 e. The van der Waals surface area contributed by atoms with Crippen LogP contribution in [0.4, 0.5) is 5.69 Å². The zero-order valence-corrected chi connectivity index (χ0v) is 12.8. The third kappa shape index (κ3) is 3.99. The molecule has 1 unspecified atom stereocenters. The highest BCUT2D eigenvalue weighted by Crippen LogP contribution is 2.29. The van der Waals surface area contributed by atoms with E-state index < -0.39 is 11.0 Å². The van der Waals surface area contributed by atoms with Gasteiger partial charge in [0.25, 0.3) is 5.69 Å². The molecule has 110 valence electrons. The highest BCUT2D eigenvalue weighted by atomic mass is 79.9. The largest absolute Gasteiger partial charge is 0.487 e. The summed E-state index contributed by atoms with van der Waals surface area (Å²) in [5, 5.41) is 20.5. The van der Waals surface area contributed by atoms with Gasteiger partial charge in [-0.15, -0.1) is 0 Å². The van der Waals surface area contributed by atoms with Gasteiger partial charge in [-0.05, 0) is 41.1 Å². The summed E-state index contributed by atoms with van der Waals surface area (Å²) in [6, 6.07) is 7.79. The van der Waals surface area contributed by atoms with E-state index in [-0.39, 0.29) is 12.3 Å².